The summed E-state index contributed by atoms with van der Waals surface area (Å²) >= 11 is 12.6. The standard InChI is InChI=1S/C20H27Cl2N5O2/c1-14(28)25-9-6-24(7-10-25)8-11-26-18-12-16(21)17(22)13-19(18)27(20(26)29)15-2-4-23-5-3-15/h12-13,15,23H,2-11H2,1H3. The van der Waals surface area contributed by atoms with Crippen LogP contribution in [0.1, 0.15) is 25.8 Å². The number of nitrogens with one attached hydrogen (secondary N) is 1. The van der Waals surface area contributed by atoms with Gasteiger partial charge in [-0.1, -0.05) is 23.2 Å². The average molecular weight is 440 g/mol. The van der Waals surface area contributed by atoms with Crippen LogP contribution >= 0.6 is 23.2 Å². The van der Waals surface area contributed by atoms with Gasteiger partial charge in [0.05, 0.1) is 21.1 Å². The van der Waals surface area contributed by atoms with Crippen molar-refractivity contribution in [3.05, 3.63) is 32.7 Å². The molecule has 1 aromatic heterocycles. The lowest BCUT2D eigenvalue weighted by molar-refractivity contribution is -0.130. The van der Waals surface area contributed by atoms with Crippen LogP contribution in [0.2, 0.25) is 10.0 Å². The van der Waals surface area contributed by atoms with Crippen molar-refractivity contribution in [3.8, 4) is 0 Å². The van der Waals surface area contributed by atoms with Crippen LogP contribution in [0.5, 0.6) is 0 Å². The molecule has 0 atom stereocenters. The zero-order valence-corrected chi connectivity index (χ0v) is 18.2. The quantitative estimate of drug-likeness (QED) is 0.792. The molecule has 0 unspecified atom stereocenters. The van der Waals surface area contributed by atoms with Gasteiger partial charge in [0.2, 0.25) is 5.91 Å². The minimum atomic E-state index is 0.00704. The van der Waals surface area contributed by atoms with Crippen molar-refractivity contribution >= 4 is 40.1 Å². The average Bonchev–Trinajstić information content (AvgIpc) is 2.98. The monoisotopic (exact) mass is 439 g/mol. The fourth-order valence-electron chi connectivity index (χ4n) is 4.43. The van der Waals surface area contributed by atoms with Gasteiger partial charge in [-0.2, -0.15) is 0 Å². The van der Waals surface area contributed by atoms with Crippen LogP contribution in [0.25, 0.3) is 11.0 Å². The molecule has 158 valence electrons. The molecular formula is C20H27Cl2N5O2. The zero-order valence-electron chi connectivity index (χ0n) is 16.7. The summed E-state index contributed by atoms with van der Waals surface area (Å²) in [5, 5.41) is 4.29. The number of fused-ring (bicyclic) bond motifs is 1. The van der Waals surface area contributed by atoms with E-state index in [-0.39, 0.29) is 17.6 Å². The first-order valence-electron chi connectivity index (χ1n) is 10.2. The molecule has 0 aliphatic carbocycles. The molecule has 0 bridgehead atoms. The number of imidazole rings is 1. The summed E-state index contributed by atoms with van der Waals surface area (Å²) in [6.07, 6.45) is 1.85. The highest BCUT2D eigenvalue weighted by Crippen LogP contribution is 2.30. The van der Waals surface area contributed by atoms with Crippen molar-refractivity contribution in [2.75, 3.05) is 45.8 Å². The molecule has 2 aromatic rings. The first-order chi connectivity index (χ1) is 14.0. The van der Waals surface area contributed by atoms with E-state index in [0.29, 0.717) is 16.6 Å². The van der Waals surface area contributed by atoms with Crippen LogP contribution in [-0.2, 0) is 11.3 Å². The van der Waals surface area contributed by atoms with E-state index < -0.39 is 0 Å². The Hall–Kier alpha value is -1.54. The molecule has 0 spiro atoms. The third kappa shape index (κ3) is 4.19. The molecule has 0 saturated carbocycles. The molecule has 2 aliphatic rings. The van der Waals surface area contributed by atoms with Crippen LogP contribution in [0.3, 0.4) is 0 Å². The summed E-state index contributed by atoms with van der Waals surface area (Å²) in [5.41, 5.74) is 1.70. The lowest BCUT2D eigenvalue weighted by atomic mass is 10.1. The number of benzene rings is 1. The van der Waals surface area contributed by atoms with Crippen molar-refractivity contribution in [1.29, 1.82) is 0 Å². The van der Waals surface area contributed by atoms with Crippen molar-refractivity contribution < 1.29 is 4.79 Å². The number of amides is 1. The second kappa shape index (κ2) is 8.68. The van der Waals surface area contributed by atoms with Crippen molar-refractivity contribution in [1.82, 2.24) is 24.3 Å². The molecular weight excluding hydrogens is 413 g/mol. The number of carbonyl (C=O) groups is 1. The molecule has 9 heteroatoms. The van der Waals surface area contributed by atoms with E-state index in [9.17, 15) is 9.59 Å². The van der Waals surface area contributed by atoms with Crippen molar-refractivity contribution in [2.24, 2.45) is 0 Å². The summed E-state index contributed by atoms with van der Waals surface area (Å²) in [4.78, 5) is 29.1. The Morgan fingerprint density at radius 2 is 1.66 bits per heavy atom. The van der Waals surface area contributed by atoms with E-state index >= 15 is 0 Å². The fraction of sp³-hybridized carbons (Fsp3) is 0.600. The minimum absolute atomic E-state index is 0.00704. The van der Waals surface area contributed by atoms with E-state index in [4.69, 9.17) is 23.2 Å². The van der Waals surface area contributed by atoms with Crippen LogP contribution < -0.4 is 11.0 Å². The topological polar surface area (TPSA) is 62.5 Å². The van der Waals surface area contributed by atoms with Gasteiger partial charge < -0.3 is 10.2 Å². The normalized spacial score (nSPS) is 19.2. The Balaban J connectivity index is 1.60. The maximum atomic E-state index is 13.4. The van der Waals surface area contributed by atoms with Crippen LogP contribution in [0.15, 0.2) is 16.9 Å². The molecule has 29 heavy (non-hydrogen) atoms. The zero-order chi connectivity index (χ0) is 20.5. The fourth-order valence-corrected chi connectivity index (χ4v) is 4.75. The van der Waals surface area contributed by atoms with Crippen molar-refractivity contribution in [3.63, 3.8) is 0 Å². The lowest BCUT2D eigenvalue weighted by Crippen LogP contribution is -2.49. The molecule has 2 fully saturated rings. The van der Waals surface area contributed by atoms with Crippen molar-refractivity contribution in [2.45, 2.75) is 32.4 Å². The molecule has 2 saturated heterocycles. The summed E-state index contributed by atoms with van der Waals surface area (Å²) in [7, 11) is 0. The van der Waals surface area contributed by atoms with E-state index in [1.54, 1.807) is 6.92 Å². The Bertz CT molecular complexity index is 956. The van der Waals surface area contributed by atoms with Gasteiger partial charge in [-0.15, -0.1) is 0 Å². The summed E-state index contributed by atoms with van der Waals surface area (Å²) in [5.74, 6) is 0.123. The third-order valence-electron chi connectivity index (χ3n) is 6.14. The molecule has 3 heterocycles. The van der Waals surface area contributed by atoms with Gasteiger partial charge in [0.1, 0.15) is 0 Å². The highest BCUT2D eigenvalue weighted by molar-refractivity contribution is 6.42. The van der Waals surface area contributed by atoms with Gasteiger partial charge in [0.15, 0.2) is 0 Å². The molecule has 4 rings (SSSR count). The minimum Gasteiger partial charge on any atom is -0.340 e. The molecule has 1 amide bonds. The number of halogens is 2. The number of aromatic nitrogens is 2. The molecule has 0 radical (unpaired) electrons. The number of hydrogen-bond acceptors (Lipinski definition) is 4. The lowest BCUT2D eigenvalue weighted by Gasteiger charge is -2.34. The van der Waals surface area contributed by atoms with Crippen LogP contribution in [0, 0.1) is 0 Å². The number of piperidine rings is 1. The number of nitrogens with zero attached hydrogens (tertiary/aromatic N) is 4. The Labute approximate surface area is 180 Å². The molecule has 2 aliphatic heterocycles. The number of hydrogen-bond donors (Lipinski definition) is 1. The third-order valence-corrected chi connectivity index (χ3v) is 6.86. The number of piperazine rings is 1. The second-order valence-electron chi connectivity index (χ2n) is 7.89. The summed E-state index contributed by atoms with van der Waals surface area (Å²) < 4.78 is 3.74. The highest BCUT2D eigenvalue weighted by atomic mass is 35.5. The maximum absolute atomic E-state index is 13.4. The summed E-state index contributed by atoms with van der Waals surface area (Å²) in [6, 6.07) is 3.81. The van der Waals surface area contributed by atoms with E-state index in [0.717, 1.165) is 69.7 Å². The molecule has 1 N–H and O–H groups in total. The number of rotatable bonds is 4. The second-order valence-corrected chi connectivity index (χ2v) is 8.70. The maximum Gasteiger partial charge on any atom is 0.329 e. The molecule has 7 nitrogen and oxygen atoms in total. The first-order valence-corrected chi connectivity index (χ1v) is 11.0. The summed E-state index contributed by atoms with van der Waals surface area (Å²) in [6.45, 7) is 7.91. The van der Waals surface area contributed by atoms with Crippen LogP contribution in [-0.4, -0.2) is 70.7 Å². The van der Waals surface area contributed by atoms with E-state index in [1.807, 2.05) is 26.2 Å². The van der Waals surface area contributed by atoms with Gasteiger partial charge in [-0.25, -0.2) is 4.79 Å². The highest BCUT2D eigenvalue weighted by Gasteiger charge is 2.24. The predicted molar refractivity (Wildman–Crippen MR) is 116 cm³/mol. The Morgan fingerprint density at radius 3 is 2.28 bits per heavy atom. The Morgan fingerprint density at radius 1 is 1.03 bits per heavy atom. The van der Waals surface area contributed by atoms with Gasteiger partial charge >= 0.3 is 5.69 Å². The van der Waals surface area contributed by atoms with Gasteiger partial charge in [0.25, 0.3) is 0 Å². The first kappa shape index (κ1) is 20.7. The van der Waals surface area contributed by atoms with E-state index in [2.05, 4.69) is 10.2 Å². The van der Waals surface area contributed by atoms with Gasteiger partial charge in [-0.3, -0.25) is 18.8 Å². The SMILES string of the molecule is CC(=O)N1CCN(CCn2c(=O)n(C3CCNCC3)c3cc(Cl)c(Cl)cc32)CC1. The van der Waals surface area contributed by atoms with Crippen LogP contribution in [0.4, 0.5) is 0 Å². The van der Waals surface area contributed by atoms with Gasteiger partial charge in [-0.05, 0) is 38.1 Å². The number of carbonyl (C=O) groups excluding carboxylic acids is 1. The predicted octanol–water partition coefficient (Wildman–Crippen LogP) is 2.20. The molecule has 1 aromatic carbocycles. The smallest absolute Gasteiger partial charge is 0.329 e. The largest absolute Gasteiger partial charge is 0.340 e. The Kier molecular flexibility index (Phi) is 6.20. The van der Waals surface area contributed by atoms with Gasteiger partial charge in [0, 0.05) is 52.2 Å². The van der Waals surface area contributed by atoms with E-state index in [1.165, 1.54) is 0 Å².